The maximum absolute atomic E-state index is 13.0. The maximum atomic E-state index is 13.0. The van der Waals surface area contributed by atoms with Crippen LogP contribution in [0.15, 0.2) is 40.9 Å². The summed E-state index contributed by atoms with van der Waals surface area (Å²) in [6, 6.07) is 8.76. The highest BCUT2D eigenvalue weighted by atomic mass is 79.9. The molecule has 0 fully saturated rings. The topological polar surface area (TPSA) is 12.0 Å². The lowest BCUT2D eigenvalue weighted by Crippen LogP contribution is -2.01. The third-order valence-electron chi connectivity index (χ3n) is 2.33. The summed E-state index contributed by atoms with van der Waals surface area (Å²) >= 11 is 9.32. The quantitative estimate of drug-likeness (QED) is 0.834. The molecule has 2 aromatic rings. The largest absolute Gasteiger partial charge is 0.380 e. The SMILES string of the molecule is Fc1cc(F)cc(CNc2cc(Br)ccc2Cl)c1. The highest BCUT2D eigenvalue weighted by Gasteiger charge is 2.03. The number of rotatable bonds is 3. The molecule has 0 heterocycles. The Morgan fingerprint density at radius 2 is 1.72 bits per heavy atom. The fraction of sp³-hybridized carbons (Fsp3) is 0.0769. The van der Waals surface area contributed by atoms with Gasteiger partial charge in [-0.1, -0.05) is 27.5 Å². The summed E-state index contributed by atoms with van der Waals surface area (Å²) in [5.74, 6) is -1.18. The molecule has 0 saturated heterocycles. The van der Waals surface area contributed by atoms with Gasteiger partial charge in [-0.2, -0.15) is 0 Å². The Bertz CT molecular complexity index is 555. The Kier molecular flexibility index (Phi) is 4.19. The summed E-state index contributed by atoms with van der Waals surface area (Å²) in [7, 11) is 0. The normalized spacial score (nSPS) is 10.4. The van der Waals surface area contributed by atoms with Gasteiger partial charge in [0, 0.05) is 17.1 Å². The molecule has 0 aliphatic carbocycles. The molecule has 1 nitrogen and oxygen atoms in total. The zero-order valence-corrected chi connectivity index (χ0v) is 11.5. The Labute approximate surface area is 117 Å². The highest BCUT2D eigenvalue weighted by molar-refractivity contribution is 9.10. The zero-order chi connectivity index (χ0) is 13.1. The van der Waals surface area contributed by atoms with Crippen LogP contribution in [0.5, 0.6) is 0 Å². The van der Waals surface area contributed by atoms with Crippen LogP contribution in [0.2, 0.25) is 5.02 Å². The summed E-state index contributed by atoms with van der Waals surface area (Å²) in [4.78, 5) is 0. The third kappa shape index (κ3) is 3.43. The van der Waals surface area contributed by atoms with Crippen LogP contribution in [0.1, 0.15) is 5.56 Å². The Balaban J connectivity index is 2.13. The van der Waals surface area contributed by atoms with Gasteiger partial charge in [0.2, 0.25) is 0 Å². The second kappa shape index (κ2) is 5.67. The van der Waals surface area contributed by atoms with E-state index in [1.807, 2.05) is 6.07 Å². The Hall–Kier alpha value is -1.13. The number of halogens is 4. The first-order valence-electron chi connectivity index (χ1n) is 5.18. The molecule has 18 heavy (non-hydrogen) atoms. The van der Waals surface area contributed by atoms with E-state index in [4.69, 9.17) is 11.6 Å². The van der Waals surface area contributed by atoms with E-state index in [0.29, 0.717) is 22.8 Å². The number of hydrogen-bond donors (Lipinski definition) is 1. The molecule has 0 spiro atoms. The number of benzene rings is 2. The summed E-state index contributed by atoms with van der Waals surface area (Å²) < 4.78 is 26.9. The second-order valence-electron chi connectivity index (χ2n) is 3.76. The van der Waals surface area contributed by atoms with E-state index in [-0.39, 0.29) is 0 Å². The van der Waals surface area contributed by atoms with Crippen LogP contribution in [0, 0.1) is 11.6 Å². The van der Waals surface area contributed by atoms with Crippen molar-refractivity contribution in [1.82, 2.24) is 0 Å². The van der Waals surface area contributed by atoms with E-state index >= 15 is 0 Å². The van der Waals surface area contributed by atoms with E-state index in [1.165, 1.54) is 12.1 Å². The van der Waals surface area contributed by atoms with Crippen molar-refractivity contribution in [2.75, 3.05) is 5.32 Å². The molecule has 0 atom stereocenters. The van der Waals surface area contributed by atoms with Crippen molar-refractivity contribution in [1.29, 1.82) is 0 Å². The van der Waals surface area contributed by atoms with Crippen LogP contribution >= 0.6 is 27.5 Å². The second-order valence-corrected chi connectivity index (χ2v) is 5.08. The zero-order valence-electron chi connectivity index (χ0n) is 9.18. The molecule has 2 aromatic carbocycles. The van der Waals surface area contributed by atoms with Crippen LogP contribution < -0.4 is 5.32 Å². The van der Waals surface area contributed by atoms with E-state index in [0.717, 1.165) is 10.5 Å². The van der Waals surface area contributed by atoms with Gasteiger partial charge in [-0.25, -0.2) is 8.78 Å². The molecular formula is C13H9BrClF2N. The maximum Gasteiger partial charge on any atom is 0.126 e. The van der Waals surface area contributed by atoms with Gasteiger partial charge in [0.1, 0.15) is 11.6 Å². The minimum atomic E-state index is -0.591. The average Bonchev–Trinajstić information content (AvgIpc) is 2.29. The monoisotopic (exact) mass is 331 g/mol. The van der Waals surface area contributed by atoms with Gasteiger partial charge >= 0.3 is 0 Å². The molecular weight excluding hydrogens is 324 g/mol. The molecule has 0 amide bonds. The van der Waals surface area contributed by atoms with Crippen molar-refractivity contribution in [2.24, 2.45) is 0 Å². The van der Waals surface area contributed by atoms with Gasteiger partial charge < -0.3 is 5.32 Å². The minimum Gasteiger partial charge on any atom is -0.380 e. The van der Waals surface area contributed by atoms with Crippen molar-refractivity contribution in [3.8, 4) is 0 Å². The van der Waals surface area contributed by atoms with Crippen LogP contribution in [-0.2, 0) is 6.54 Å². The van der Waals surface area contributed by atoms with Gasteiger partial charge in [-0.15, -0.1) is 0 Å². The molecule has 0 saturated carbocycles. The third-order valence-corrected chi connectivity index (χ3v) is 3.16. The molecule has 5 heteroatoms. The van der Waals surface area contributed by atoms with E-state index in [1.54, 1.807) is 12.1 Å². The first kappa shape index (κ1) is 13.3. The molecule has 0 aliphatic rings. The van der Waals surface area contributed by atoms with E-state index in [9.17, 15) is 8.78 Å². The van der Waals surface area contributed by atoms with Crippen LogP contribution in [0.25, 0.3) is 0 Å². The van der Waals surface area contributed by atoms with Crippen molar-refractivity contribution in [3.63, 3.8) is 0 Å². The lowest BCUT2D eigenvalue weighted by molar-refractivity contribution is 0.580. The first-order chi connectivity index (χ1) is 8.54. The summed E-state index contributed by atoms with van der Waals surface area (Å²) in [6.07, 6.45) is 0. The molecule has 0 bridgehead atoms. The lowest BCUT2D eigenvalue weighted by atomic mass is 10.2. The van der Waals surface area contributed by atoms with Gasteiger partial charge in [0.15, 0.2) is 0 Å². The Morgan fingerprint density at radius 1 is 1.06 bits per heavy atom. The number of nitrogens with one attached hydrogen (secondary N) is 1. The first-order valence-corrected chi connectivity index (χ1v) is 6.35. The number of anilines is 1. The van der Waals surface area contributed by atoms with E-state index < -0.39 is 11.6 Å². The predicted octanol–water partition coefficient (Wildman–Crippen LogP) is 4.99. The summed E-state index contributed by atoms with van der Waals surface area (Å²) in [5, 5.41) is 3.58. The standard InChI is InChI=1S/C13H9BrClF2N/c14-9-1-2-12(15)13(5-9)18-7-8-3-10(16)6-11(17)4-8/h1-6,18H,7H2. The number of hydrogen-bond acceptors (Lipinski definition) is 1. The summed E-state index contributed by atoms with van der Waals surface area (Å²) in [6.45, 7) is 0.296. The Morgan fingerprint density at radius 3 is 2.39 bits per heavy atom. The van der Waals surface area contributed by atoms with Crippen LogP contribution in [0.3, 0.4) is 0 Å². The van der Waals surface area contributed by atoms with Crippen LogP contribution in [0.4, 0.5) is 14.5 Å². The van der Waals surface area contributed by atoms with Crippen LogP contribution in [-0.4, -0.2) is 0 Å². The molecule has 2 rings (SSSR count). The smallest absolute Gasteiger partial charge is 0.126 e. The highest BCUT2D eigenvalue weighted by Crippen LogP contribution is 2.26. The fourth-order valence-electron chi connectivity index (χ4n) is 1.54. The molecule has 1 N–H and O–H groups in total. The van der Waals surface area contributed by atoms with Crippen molar-refractivity contribution >= 4 is 33.2 Å². The predicted molar refractivity (Wildman–Crippen MR) is 72.8 cm³/mol. The van der Waals surface area contributed by atoms with Crippen molar-refractivity contribution < 1.29 is 8.78 Å². The van der Waals surface area contributed by atoms with Gasteiger partial charge in [-0.3, -0.25) is 0 Å². The minimum absolute atomic E-state index is 0.296. The molecule has 0 aliphatic heterocycles. The lowest BCUT2D eigenvalue weighted by Gasteiger charge is -2.09. The van der Waals surface area contributed by atoms with Crippen molar-refractivity contribution in [3.05, 3.63) is 63.1 Å². The molecule has 0 unspecified atom stereocenters. The van der Waals surface area contributed by atoms with Gasteiger partial charge in [0.05, 0.1) is 10.7 Å². The molecule has 0 radical (unpaired) electrons. The average molecular weight is 333 g/mol. The van der Waals surface area contributed by atoms with Gasteiger partial charge in [0.25, 0.3) is 0 Å². The molecule has 94 valence electrons. The molecule has 0 aromatic heterocycles. The summed E-state index contributed by atoms with van der Waals surface area (Å²) in [5.41, 5.74) is 1.22. The van der Waals surface area contributed by atoms with E-state index in [2.05, 4.69) is 21.2 Å². The van der Waals surface area contributed by atoms with Gasteiger partial charge in [-0.05, 0) is 35.9 Å². The fourth-order valence-corrected chi connectivity index (χ4v) is 2.09. The van der Waals surface area contributed by atoms with Crippen molar-refractivity contribution in [2.45, 2.75) is 6.54 Å².